The van der Waals surface area contributed by atoms with E-state index in [1.807, 2.05) is 0 Å². The number of halogens is 4. The highest BCUT2D eigenvalue weighted by molar-refractivity contribution is 6.30. The molecule has 188 valence electrons. The summed E-state index contributed by atoms with van der Waals surface area (Å²) in [6.07, 6.45) is -1.35. The Kier molecular flexibility index (Phi) is 6.16. The van der Waals surface area contributed by atoms with Crippen molar-refractivity contribution in [3.63, 3.8) is 0 Å². The Hall–Kier alpha value is -4.25. The summed E-state index contributed by atoms with van der Waals surface area (Å²) in [4.78, 5) is 20.6. The molecule has 0 radical (unpaired) electrons. The van der Waals surface area contributed by atoms with Crippen molar-refractivity contribution in [2.45, 2.75) is 19.7 Å². The fourth-order valence-corrected chi connectivity index (χ4v) is 4.01. The van der Waals surface area contributed by atoms with Crippen LogP contribution in [0.5, 0.6) is 5.88 Å². The molecule has 0 aliphatic rings. The zero-order valence-corrected chi connectivity index (χ0v) is 20.2. The van der Waals surface area contributed by atoms with Gasteiger partial charge in [-0.15, -0.1) is 10.2 Å². The van der Waals surface area contributed by atoms with Crippen LogP contribution in [0.15, 0.2) is 65.7 Å². The molecular formula is C25H18ClF3N6O2. The Morgan fingerprint density at radius 2 is 1.62 bits per heavy atom. The topological polar surface area (TPSA) is 87.2 Å². The van der Waals surface area contributed by atoms with Gasteiger partial charge in [-0.2, -0.15) is 17.7 Å². The number of hydrogen-bond acceptors (Lipinski definition) is 6. The maximum absolute atomic E-state index is 13.1. The SMILES string of the molecule is Cc1nc(C(F)(F)F)ccc1COc1nn2c(=O)n(C)nc2c(-c2ccc(Cl)cc2)c1-c1ccncc1. The highest BCUT2D eigenvalue weighted by Gasteiger charge is 2.32. The molecule has 0 saturated carbocycles. The first-order valence-electron chi connectivity index (χ1n) is 11.0. The van der Waals surface area contributed by atoms with Crippen LogP contribution in [-0.4, -0.2) is 29.4 Å². The molecule has 4 heterocycles. The Morgan fingerprint density at radius 1 is 0.946 bits per heavy atom. The molecule has 37 heavy (non-hydrogen) atoms. The average molecular weight is 527 g/mol. The van der Waals surface area contributed by atoms with E-state index in [4.69, 9.17) is 16.3 Å². The van der Waals surface area contributed by atoms with Gasteiger partial charge in [0.1, 0.15) is 12.3 Å². The molecular weight excluding hydrogens is 509 g/mol. The van der Waals surface area contributed by atoms with E-state index < -0.39 is 17.6 Å². The minimum atomic E-state index is -4.56. The third-order valence-corrected chi connectivity index (χ3v) is 5.99. The molecule has 12 heteroatoms. The maximum atomic E-state index is 13.1. The Labute approximate surface area is 213 Å². The van der Waals surface area contributed by atoms with Gasteiger partial charge in [0.2, 0.25) is 5.88 Å². The average Bonchev–Trinajstić information content (AvgIpc) is 3.16. The normalized spacial score (nSPS) is 11.7. The number of ether oxygens (including phenoxy) is 1. The number of aromatic nitrogens is 6. The van der Waals surface area contributed by atoms with Crippen LogP contribution in [-0.2, 0) is 19.8 Å². The van der Waals surface area contributed by atoms with Crippen LogP contribution in [0.2, 0.25) is 5.02 Å². The number of nitrogens with zero attached hydrogens (tertiary/aromatic N) is 6. The lowest BCUT2D eigenvalue weighted by molar-refractivity contribution is -0.141. The van der Waals surface area contributed by atoms with Crippen LogP contribution in [0.4, 0.5) is 13.2 Å². The van der Waals surface area contributed by atoms with Crippen molar-refractivity contribution in [2.24, 2.45) is 7.05 Å². The smallest absolute Gasteiger partial charge is 0.433 e. The van der Waals surface area contributed by atoms with Crippen LogP contribution in [0, 0.1) is 6.92 Å². The van der Waals surface area contributed by atoms with Gasteiger partial charge in [-0.05, 0) is 48.4 Å². The predicted octanol–water partition coefficient (Wildman–Crippen LogP) is 5.11. The first kappa shape index (κ1) is 24.4. The predicted molar refractivity (Wildman–Crippen MR) is 130 cm³/mol. The van der Waals surface area contributed by atoms with E-state index in [2.05, 4.69) is 20.2 Å². The van der Waals surface area contributed by atoms with Gasteiger partial charge >= 0.3 is 11.9 Å². The number of benzene rings is 1. The molecule has 0 spiro atoms. The van der Waals surface area contributed by atoms with Crippen molar-refractivity contribution in [1.29, 1.82) is 0 Å². The van der Waals surface area contributed by atoms with E-state index in [-0.39, 0.29) is 18.2 Å². The first-order chi connectivity index (χ1) is 17.6. The van der Waals surface area contributed by atoms with E-state index >= 15 is 0 Å². The summed E-state index contributed by atoms with van der Waals surface area (Å²) in [5.41, 5.74) is 1.88. The molecule has 0 unspecified atom stereocenters. The van der Waals surface area contributed by atoms with Gasteiger partial charge in [-0.25, -0.2) is 14.5 Å². The van der Waals surface area contributed by atoms with Gasteiger partial charge in [0.05, 0.1) is 5.56 Å². The summed E-state index contributed by atoms with van der Waals surface area (Å²) in [5, 5.41) is 9.34. The minimum Gasteiger partial charge on any atom is -0.471 e. The number of aryl methyl sites for hydroxylation is 2. The third kappa shape index (κ3) is 4.65. The van der Waals surface area contributed by atoms with Crippen molar-refractivity contribution < 1.29 is 17.9 Å². The zero-order chi connectivity index (χ0) is 26.3. The monoisotopic (exact) mass is 526 g/mol. The van der Waals surface area contributed by atoms with Crippen LogP contribution in [0.3, 0.4) is 0 Å². The summed E-state index contributed by atoms with van der Waals surface area (Å²) in [6.45, 7) is 1.34. The van der Waals surface area contributed by atoms with Crippen LogP contribution < -0.4 is 10.4 Å². The van der Waals surface area contributed by atoms with Gasteiger partial charge in [-0.1, -0.05) is 29.8 Å². The van der Waals surface area contributed by atoms with Gasteiger partial charge < -0.3 is 4.74 Å². The molecule has 0 N–H and O–H groups in total. The van der Waals surface area contributed by atoms with E-state index in [0.717, 1.165) is 15.3 Å². The fourth-order valence-electron chi connectivity index (χ4n) is 3.88. The molecule has 0 amide bonds. The number of pyridine rings is 2. The first-order valence-corrected chi connectivity index (χ1v) is 11.3. The van der Waals surface area contributed by atoms with E-state index in [1.54, 1.807) is 48.8 Å². The van der Waals surface area contributed by atoms with E-state index in [1.165, 1.54) is 20.0 Å². The second-order valence-electron chi connectivity index (χ2n) is 8.17. The van der Waals surface area contributed by atoms with Gasteiger partial charge in [-0.3, -0.25) is 4.98 Å². The maximum Gasteiger partial charge on any atom is 0.433 e. The van der Waals surface area contributed by atoms with Crippen LogP contribution in [0.1, 0.15) is 17.0 Å². The largest absolute Gasteiger partial charge is 0.471 e. The summed E-state index contributed by atoms with van der Waals surface area (Å²) in [7, 11) is 1.51. The molecule has 0 saturated heterocycles. The lowest BCUT2D eigenvalue weighted by atomic mass is 9.97. The van der Waals surface area contributed by atoms with Crippen molar-refractivity contribution in [3.05, 3.63) is 93.4 Å². The van der Waals surface area contributed by atoms with Crippen LogP contribution >= 0.6 is 11.6 Å². The standard InChI is InChI=1S/C25H18ClF3N6O2/c1-14-17(5-8-19(31-14)25(27,28)29)13-37-23-21(16-9-11-30-12-10-16)20(15-3-6-18(26)7-4-15)22-32-34(2)24(36)35(22)33-23/h3-12H,13H2,1-2H3. The van der Waals surface area contributed by atoms with Crippen molar-refractivity contribution in [1.82, 2.24) is 29.4 Å². The molecule has 0 aliphatic carbocycles. The highest BCUT2D eigenvalue weighted by Crippen LogP contribution is 2.40. The number of alkyl halides is 3. The lowest BCUT2D eigenvalue weighted by Crippen LogP contribution is -2.20. The summed E-state index contributed by atoms with van der Waals surface area (Å²) in [5.74, 6) is 0.0815. The van der Waals surface area contributed by atoms with Crippen molar-refractivity contribution in [2.75, 3.05) is 0 Å². The highest BCUT2D eigenvalue weighted by atomic mass is 35.5. The molecule has 5 aromatic rings. The molecule has 0 aliphatic heterocycles. The Bertz CT molecular complexity index is 1670. The van der Waals surface area contributed by atoms with E-state index in [9.17, 15) is 18.0 Å². The van der Waals surface area contributed by atoms with Gasteiger partial charge in [0.25, 0.3) is 0 Å². The minimum absolute atomic E-state index is 0.0815. The lowest BCUT2D eigenvalue weighted by Gasteiger charge is -2.17. The van der Waals surface area contributed by atoms with Crippen molar-refractivity contribution in [3.8, 4) is 28.1 Å². The zero-order valence-electron chi connectivity index (χ0n) is 19.5. The Balaban J connectivity index is 1.70. The molecule has 4 aromatic heterocycles. The van der Waals surface area contributed by atoms with Gasteiger partial charge in [0.15, 0.2) is 5.65 Å². The van der Waals surface area contributed by atoms with Gasteiger partial charge in [0, 0.05) is 41.3 Å². The molecule has 0 fully saturated rings. The summed E-state index contributed by atoms with van der Waals surface area (Å²) >= 11 is 6.11. The number of rotatable bonds is 5. The third-order valence-electron chi connectivity index (χ3n) is 5.73. The quantitative estimate of drug-likeness (QED) is 0.316. The van der Waals surface area contributed by atoms with Crippen molar-refractivity contribution >= 4 is 17.2 Å². The summed E-state index contributed by atoms with van der Waals surface area (Å²) < 4.78 is 47.5. The second kappa shape index (κ2) is 9.32. The molecule has 8 nitrogen and oxygen atoms in total. The second-order valence-corrected chi connectivity index (χ2v) is 8.60. The van der Waals surface area contributed by atoms with E-state index in [0.29, 0.717) is 38.5 Å². The number of hydrogen-bond donors (Lipinski definition) is 0. The summed E-state index contributed by atoms with van der Waals surface area (Å²) in [6, 6.07) is 12.7. The fraction of sp³-hybridized carbons (Fsp3) is 0.160. The number of fused-ring (bicyclic) bond motifs is 1. The van der Waals surface area contributed by atoms with Crippen LogP contribution in [0.25, 0.3) is 27.9 Å². The molecule has 0 atom stereocenters. The Morgan fingerprint density at radius 3 is 2.27 bits per heavy atom. The molecule has 5 rings (SSSR count). The molecule has 1 aromatic carbocycles. The molecule has 0 bridgehead atoms.